The van der Waals surface area contributed by atoms with Gasteiger partial charge in [-0.25, -0.2) is 0 Å². The predicted octanol–water partition coefficient (Wildman–Crippen LogP) is 4.14. The van der Waals surface area contributed by atoms with Crippen molar-refractivity contribution in [2.24, 2.45) is 0 Å². The van der Waals surface area contributed by atoms with E-state index < -0.39 is 6.10 Å². The molecule has 30 heavy (non-hydrogen) atoms. The van der Waals surface area contributed by atoms with Crippen LogP contribution in [0.1, 0.15) is 29.0 Å². The highest BCUT2D eigenvalue weighted by molar-refractivity contribution is 5.34. The van der Waals surface area contributed by atoms with E-state index in [1.807, 2.05) is 36.4 Å². The predicted molar refractivity (Wildman–Crippen MR) is 119 cm³/mol. The summed E-state index contributed by atoms with van der Waals surface area (Å²) in [6.07, 6.45) is 0.212. The number of aliphatic hydroxyl groups excluding tert-OH is 1. The van der Waals surface area contributed by atoms with Gasteiger partial charge in [0.1, 0.15) is 5.75 Å². The zero-order valence-electron chi connectivity index (χ0n) is 17.3. The minimum atomic E-state index is -0.522. The van der Waals surface area contributed by atoms with E-state index in [-0.39, 0.29) is 18.1 Å². The summed E-state index contributed by atoms with van der Waals surface area (Å²) in [5.74, 6) is 0.976. The van der Waals surface area contributed by atoms with Crippen LogP contribution in [-0.2, 0) is 11.3 Å². The Labute approximate surface area is 178 Å². The van der Waals surface area contributed by atoms with Gasteiger partial charge in [0.15, 0.2) is 0 Å². The van der Waals surface area contributed by atoms with E-state index in [0.29, 0.717) is 13.2 Å². The highest BCUT2D eigenvalue weighted by Gasteiger charge is 2.35. The second kappa shape index (κ2) is 9.90. The Kier molecular flexibility index (Phi) is 6.80. The van der Waals surface area contributed by atoms with Gasteiger partial charge in [0, 0.05) is 18.5 Å². The smallest absolute Gasteiger partial charge is 0.118 e. The number of methoxy groups -OCH3 is 1. The van der Waals surface area contributed by atoms with Crippen molar-refractivity contribution < 1.29 is 14.6 Å². The van der Waals surface area contributed by atoms with Crippen molar-refractivity contribution in [3.8, 4) is 5.75 Å². The molecule has 1 aliphatic heterocycles. The topological polar surface area (TPSA) is 50.7 Å². The maximum Gasteiger partial charge on any atom is 0.118 e. The summed E-state index contributed by atoms with van der Waals surface area (Å²) in [4.78, 5) is 0. The van der Waals surface area contributed by atoms with Crippen LogP contribution in [0.15, 0.2) is 84.9 Å². The van der Waals surface area contributed by atoms with Crippen molar-refractivity contribution in [3.05, 3.63) is 102 Å². The first-order valence-corrected chi connectivity index (χ1v) is 10.5. The molecule has 0 bridgehead atoms. The van der Waals surface area contributed by atoms with E-state index in [1.54, 1.807) is 7.11 Å². The highest BCUT2D eigenvalue weighted by atomic mass is 16.5. The van der Waals surface area contributed by atoms with Gasteiger partial charge in [0.25, 0.3) is 0 Å². The van der Waals surface area contributed by atoms with Crippen LogP contribution < -0.4 is 10.1 Å². The van der Waals surface area contributed by atoms with Crippen molar-refractivity contribution >= 4 is 0 Å². The monoisotopic (exact) mass is 403 g/mol. The van der Waals surface area contributed by atoms with Crippen LogP contribution in [0.5, 0.6) is 5.75 Å². The number of aliphatic hydroxyl groups is 1. The summed E-state index contributed by atoms with van der Waals surface area (Å²) in [6, 6.07) is 29.0. The fourth-order valence-corrected chi connectivity index (χ4v) is 4.20. The van der Waals surface area contributed by atoms with Crippen LogP contribution in [0.3, 0.4) is 0 Å². The molecule has 3 atom stereocenters. The Morgan fingerprint density at radius 1 is 0.933 bits per heavy atom. The normalized spacial score (nSPS) is 21.5. The third kappa shape index (κ3) is 4.90. The van der Waals surface area contributed by atoms with Gasteiger partial charge in [-0.2, -0.15) is 0 Å². The summed E-state index contributed by atoms with van der Waals surface area (Å²) < 4.78 is 11.4. The van der Waals surface area contributed by atoms with E-state index in [1.165, 1.54) is 11.1 Å². The molecule has 4 heteroatoms. The molecule has 4 nitrogen and oxygen atoms in total. The molecule has 156 valence electrons. The molecule has 0 unspecified atom stereocenters. The molecule has 0 aromatic heterocycles. The van der Waals surface area contributed by atoms with Gasteiger partial charge in [-0.05, 0) is 35.2 Å². The zero-order chi connectivity index (χ0) is 20.8. The van der Waals surface area contributed by atoms with Crippen LogP contribution in [-0.4, -0.2) is 37.1 Å². The number of benzene rings is 3. The number of hydrogen-bond donors (Lipinski definition) is 2. The van der Waals surface area contributed by atoms with E-state index in [4.69, 9.17) is 9.47 Å². The maximum absolute atomic E-state index is 10.6. The van der Waals surface area contributed by atoms with Crippen LogP contribution in [0.2, 0.25) is 0 Å². The SMILES string of the molecule is COc1ccc(CN[C@@H]2C[C@@H](C(c3ccccc3)c3ccccc3)OC[C@@H]2O)cc1. The van der Waals surface area contributed by atoms with Crippen LogP contribution in [0.4, 0.5) is 0 Å². The van der Waals surface area contributed by atoms with E-state index in [9.17, 15) is 5.11 Å². The van der Waals surface area contributed by atoms with Crippen LogP contribution in [0, 0.1) is 0 Å². The molecule has 0 amide bonds. The molecule has 0 spiro atoms. The third-order valence-corrected chi connectivity index (χ3v) is 5.85. The third-order valence-electron chi connectivity index (χ3n) is 5.85. The first-order valence-electron chi connectivity index (χ1n) is 10.5. The lowest BCUT2D eigenvalue weighted by Gasteiger charge is -2.38. The average molecular weight is 404 g/mol. The molecule has 0 radical (unpaired) electrons. The van der Waals surface area contributed by atoms with E-state index >= 15 is 0 Å². The Hall–Kier alpha value is -2.66. The second-order valence-corrected chi connectivity index (χ2v) is 7.81. The van der Waals surface area contributed by atoms with Crippen LogP contribution in [0.25, 0.3) is 0 Å². The first-order chi connectivity index (χ1) is 14.7. The summed E-state index contributed by atoms with van der Waals surface area (Å²) in [5, 5.41) is 14.1. The van der Waals surface area contributed by atoms with Gasteiger partial charge in [-0.15, -0.1) is 0 Å². The Morgan fingerprint density at radius 3 is 2.10 bits per heavy atom. The van der Waals surface area contributed by atoms with Crippen molar-refractivity contribution in [2.75, 3.05) is 13.7 Å². The summed E-state index contributed by atoms with van der Waals surface area (Å²) in [5.41, 5.74) is 3.63. The quantitative estimate of drug-likeness (QED) is 0.623. The molecule has 4 rings (SSSR count). The van der Waals surface area contributed by atoms with Crippen molar-refractivity contribution in [2.45, 2.75) is 37.1 Å². The molecule has 2 N–H and O–H groups in total. The van der Waals surface area contributed by atoms with Gasteiger partial charge in [0.2, 0.25) is 0 Å². The van der Waals surface area contributed by atoms with E-state index in [0.717, 1.165) is 17.7 Å². The van der Waals surface area contributed by atoms with Gasteiger partial charge < -0.3 is 19.9 Å². The Morgan fingerprint density at radius 2 is 1.53 bits per heavy atom. The molecule has 0 saturated carbocycles. The molecular formula is C26H29NO3. The molecule has 0 aliphatic carbocycles. The summed E-state index contributed by atoms with van der Waals surface area (Å²) >= 11 is 0. The Bertz CT molecular complexity index is 859. The Balaban J connectivity index is 1.49. The zero-order valence-corrected chi connectivity index (χ0v) is 17.3. The number of hydrogen-bond acceptors (Lipinski definition) is 4. The average Bonchev–Trinajstić information content (AvgIpc) is 2.81. The van der Waals surface area contributed by atoms with Crippen molar-refractivity contribution in [1.29, 1.82) is 0 Å². The number of nitrogens with one attached hydrogen (secondary N) is 1. The molecule has 1 fully saturated rings. The molecule has 1 heterocycles. The van der Waals surface area contributed by atoms with Crippen LogP contribution >= 0.6 is 0 Å². The largest absolute Gasteiger partial charge is 0.497 e. The lowest BCUT2D eigenvalue weighted by Crippen LogP contribution is -2.50. The molecule has 1 saturated heterocycles. The minimum absolute atomic E-state index is 0.00781. The highest BCUT2D eigenvalue weighted by Crippen LogP contribution is 2.34. The standard InChI is InChI=1S/C26H29NO3/c1-29-22-14-12-19(13-15-22)17-27-23-16-25(30-18-24(23)28)26(20-8-4-2-5-9-20)21-10-6-3-7-11-21/h2-15,23-28H,16-18H2,1H3/t23-,24+,25+/m1/s1. The summed E-state index contributed by atoms with van der Waals surface area (Å²) in [6.45, 7) is 1.03. The van der Waals surface area contributed by atoms with Gasteiger partial charge in [-0.1, -0.05) is 72.8 Å². The minimum Gasteiger partial charge on any atom is -0.497 e. The van der Waals surface area contributed by atoms with Gasteiger partial charge >= 0.3 is 0 Å². The van der Waals surface area contributed by atoms with E-state index in [2.05, 4.69) is 53.8 Å². The van der Waals surface area contributed by atoms with Crippen molar-refractivity contribution in [1.82, 2.24) is 5.32 Å². The fourth-order valence-electron chi connectivity index (χ4n) is 4.20. The first kappa shape index (κ1) is 20.6. The number of rotatable bonds is 7. The lowest BCUT2D eigenvalue weighted by atomic mass is 9.82. The summed E-state index contributed by atoms with van der Waals surface area (Å²) in [7, 11) is 1.67. The van der Waals surface area contributed by atoms with Gasteiger partial charge in [-0.3, -0.25) is 0 Å². The second-order valence-electron chi connectivity index (χ2n) is 7.81. The maximum atomic E-state index is 10.6. The lowest BCUT2D eigenvalue weighted by molar-refractivity contribution is -0.0791. The number of ether oxygens (including phenoxy) is 2. The van der Waals surface area contributed by atoms with Gasteiger partial charge in [0.05, 0.1) is 25.9 Å². The molecular weight excluding hydrogens is 374 g/mol. The molecule has 3 aromatic carbocycles. The fraction of sp³-hybridized carbons (Fsp3) is 0.308. The molecule has 1 aliphatic rings. The molecule has 3 aromatic rings. The van der Waals surface area contributed by atoms with Crippen molar-refractivity contribution in [3.63, 3.8) is 0 Å².